The molecule has 0 saturated carbocycles. The number of unbranched alkanes of at least 4 members (excludes halogenated alkanes) is 12. The third-order valence-electron chi connectivity index (χ3n) is 9.13. The van der Waals surface area contributed by atoms with Crippen molar-refractivity contribution in [3.8, 4) is 0 Å². The lowest BCUT2D eigenvalue weighted by Gasteiger charge is -2.20. The molecule has 16 heteroatoms. The van der Waals surface area contributed by atoms with Crippen LogP contribution in [0.3, 0.4) is 0 Å². The molecule has 0 bridgehead atoms. The number of phosphoric acid groups is 2. The monoisotopic (exact) mass is 919 g/mol. The number of esters is 2. The molecule has 0 aromatic rings. The van der Waals surface area contributed by atoms with Crippen molar-refractivity contribution < 1.29 is 66.7 Å². The first-order valence-electron chi connectivity index (χ1n) is 22.7. The summed E-state index contributed by atoms with van der Waals surface area (Å²) in [5.74, 6) is -1.13. The lowest BCUT2D eigenvalue weighted by molar-refractivity contribution is -0.161. The van der Waals surface area contributed by atoms with Gasteiger partial charge in [-0.1, -0.05) is 145 Å². The number of aliphatic hydroxyl groups is 2. The standard InChI is InChI=1S/C46H80O14P2/c1-3-5-7-8-9-10-11-12-13-14-15-16-20-23-26-29-32-36-45(49)56-40-44(41-59-62(54,55)58-39-43(48)38-57-61(51,52)53)60-46(50)37-33-30-27-24-21-18-17-19-22-25-28-31-35-42(47)34-6-4-2/h9-10,12-13,17-18,22,24-25,27,31,35,42-44,47-48H,3-8,11,14-16,19-21,23,26,28-30,32-34,36-41H2,1-2H3,(H,54,55)(H2,51,52,53)/b10-9-,13-12-,18-17-,25-22-,27-24-,35-31-/t42-,43+,44-/m1/s1. The van der Waals surface area contributed by atoms with E-state index in [4.69, 9.17) is 23.8 Å². The number of hydrogen-bond donors (Lipinski definition) is 5. The summed E-state index contributed by atoms with van der Waals surface area (Å²) in [4.78, 5) is 52.7. The first-order chi connectivity index (χ1) is 29.8. The van der Waals surface area contributed by atoms with Gasteiger partial charge in [0.2, 0.25) is 0 Å². The molecule has 0 rings (SSSR count). The van der Waals surface area contributed by atoms with Crippen LogP contribution in [0.15, 0.2) is 72.9 Å². The van der Waals surface area contributed by atoms with Crippen molar-refractivity contribution >= 4 is 27.6 Å². The number of allylic oxidation sites excluding steroid dienone is 11. The Morgan fingerprint density at radius 1 is 0.516 bits per heavy atom. The fourth-order valence-electron chi connectivity index (χ4n) is 5.62. The van der Waals surface area contributed by atoms with Crippen LogP contribution in [0.5, 0.6) is 0 Å². The van der Waals surface area contributed by atoms with Crippen LogP contribution < -0.4 is 0 Å². The molecule has 0 spiro atoms. The van der Waals surface area contributed by atoms with Gasteiger partial charge in [-0.25, -0.2) is 9.13 Å². The SMILES string of the molecule is CCCCC/C=C\C/C=C\CCCCCCCCCC(=O)OC[C@H](COP(=O)(O)OC[C@@H](O)COP(=O)(O)O)OC(=O)CCC/C=C\C/C=C\C/C=C\C/C=C\[C@H](O)CCCC. The predicted molar refractivity (Wildman–Crippen MR) is 245 cm³/mol. The number of carbonyl (C=O) groups excluding carboxylic acids is 2. The Balaban J connectivity index is 4.63. The normalized spacial score (nSPS) is 15.1. The van der Waals surface area contributed by atoms with Crippen LogP contribution in [0.1, 0.15) is 162 Å². The van der Waals surface area contributed by atoms with E-state index in [1.807, 2.05) is 30.4 Å². The van der Waals surface area contributed by atoms with Gasteiger partial charge in [-0.05, 0) is 77.0 Å². The van der Waals surface area contributed by atoms with E-state index in [-0.39, 0.29) is 18.9 Å². The molecule has 0 aliphatic heterocycles. The van der Waals surface area contributed by atoms with Crippen molar-refractivity contribution in [3.05, 3.63) is 72.9 Å². The fourth-order valence-corrected chi connectivity index (χ4v) is 6.78. The number of ether oxygens (including phenoxy) is 2. The average Bonchev–Trinajstić information content (AvgIpc) is 3.23. The van der Waals surface area contributed by atoms with Crippen molar-refractivity contribution in [2.24, 2.45) is 0 Å². The van der Waals surface area contributed by atoms with Gasteiger partial charge in [0, 0.05) is 12.8 Å². The highest BCUT2D eigenvalue weighted by Crippen LogP contribution is 2.43. The van der Waals surface area contributed by atoms with E-state index in [0.717, 1.165) is 96.3 Å². The van der Waals surface area contributed by atoms with Gasteiger partial charge in [0.1, 0.15) is 12.7 Å². The number of rotatable bonds is 42. The summed E-state index contributed by atoms with van der Waals surface area (Å²) < 4.78 is 47.7. The van der Waals surface area contributed by atoms with Crippen LogP contribution in [-0.4, -0.2) is 81.6 Å². The molecule has 0 fully saturated rings. The molecule has 5 N–H and O–H groups in total. The van der Waals surface area contributed by atoms with Gasteiger partial charge in [-0.15, -0.1) is 0 Å². The molecule has 0 saturated heterocycles. The van der Waals surface area contributed by atoms with Crippen molar-refractivity contribution in [2.45, 2.75) is 180 Å². The van der Waals surface area contributed by atoms with Gasteiger partial charge in [0.15, 0.2) is 6.10 Å². The molecule has 358 valence electrons. The maximum Gasteiger partial charge on any atom is 0.472 e. The molecule has 62 heavy (non-hydrogen) atoms. The highest BCUT2D eigenvalue weighted by atomic mass is 31.2. The third-order valence-corrected chi connectivity index (χ3v) is 10.6. The fraction of sp³-hybridized carbons (Fsp3) is 0.696. The Hall–Kier alpha value is -2.48. The highest BCUT2D eigenvalue weighted by molar-refractivity contribution is 7.47. The Morgan fingerprint density at radius 2 is 0.984 bits per heavy atom. The van der Waals surface area contributed by atoms with Gasteiger partial charge in [0.25, 0.3) is 0 Å². The molecule has 0 radical (unpaired) electrons. The number of phosphoric ester groups is 2. The van der Waals surface area contributed by atoms with Crippen molar-refractivity contribution in [1.82, 2.24) is 0 Å². The zero-order chi connectivity index (χ0) is 46.0. The maximum atomic E-state index is 12.7. The van der Waals surface area contributed by atoms with Crippen LogP contribution in [0.4, 0.5) is 0 Å². The first-order valence-corrected chi connectivity index (χ1v) is 25.7. The molecule has 4 atom stereocenters. The van der Waals surface area contributed by atoms with Gasteiger partial charge in [-0.3, -0.25) is 23.2 Å². The summed E-state index contributed by atoms with van der Waals surface area (Å²) in [6.07, 6.45) is 42.3. The summed E-state index contributed by atoms with van der Waals surface area (Å²) in [5.41, 5.74) is 0. The largest absolute Gasteiger partial charge is 0.472 e. The second-order valence-electron chi connectivity index (χ2n) is 15.1. The summed E-state index contributed by atoms with van der Waals surface area (Å²) in [6, 6.07) is 0. The Bertz CT molecular complexity index is 1390. The number of aliphatic hydroxyl groups excluding tert-OH is 2. The second-order valence-corrected chi connectivity index (χ2v) is 17.8. The molecule has 0 aromatic heterocycles. The molecular weight excluding hydrogens is 838 g/mol. The molecule has 0 amide bonds. The topological polar surface area (TPSA) is 216 Å². The third kappa shape index (κ3) is 44.1. The van der Waals surface area contributed by atoms with Gasteiger partial charge in [-0.2, -0.15) is 0 Å². The summed E-state index contributed by atoms with van der Waals surface area (Å²) in [5, 5.41) is 19.6. The summed E-state index contributed by atoms with van der Waals surface area (Å²) >= 11 is 0. The van der Waals surface area contributed by atoms with E-state index in [0.29, 0.717) is 19.3 Å². The molecule has 0 aromatic carbocycles. The van der Waals surface area contributed by atoms with Crippen LogP contribution in [-0.2, 0) is 41.8 Å². The first kappa shape index (κ1) is 59.5. The van der Waals surface area contributed by atoms with E-state index in [9.17, 15) is 33.8 Å². The number of carbonyl (C=O) groups is 2. The maximum absolute atomic E-state index is 12.7. The minimum absolute atomic E-state index is 0.0338. The van der Waals surface area contributed by atoms with Crippen LogP contribution >= 0.6 is 15.6 Å². The van der Waals surface area contributed by atoms with E-state index in [1.165, 1.54) is 19.3 Å². The molecule has 0 aliphatic rings. The number of hydrogen-bond acceptors (Lipinski definition) is 11. The quantitative estimate of drug-likeness (QED) is 0.0167. The van der Waals surface area contributed by atoms with Crippen LogP contribution in [0.2, 0.25) is 0 Å². The second kappa shape index (κ2) is 41.2. The summed E-state index contributed by atoms with van der Waals surface area (Å²) in [7, 11) is -9.72. The van der Waals surface area contributed by atoms with Crippen molar-refractivity contribution in [1.29, 1.82) is 0 Å². The highest BCUT2D eigenvalue weighted by Gasteiger charge is 2.28. The molecule has 0 aliphatic carbocycles. The average molecular weight is 919 g/mol. The molecule has 0 heterocycles. The van der Waals surface area contributed by atoms with Gasteiger partial charge >= 0.3 is 27.6 Å². The molecular formula is C46H80O14P2. The van der Waals surface area contributed by atoms with Gasteiger partial charge in [0.05, 0.1) is 25.9 Å². The zero-order valence-electron chi connectivity index (χ0n) is 37.6. The van der Waals surface area contributed by atoms with Crippen LogP contribution in [0.25, 0.3) is 0 Å². The minimum atomic E-state index is -4.88. The molecule has 1 unspecified atom stereocenters. The lowest BCUT2D eigenvalue weighted by atomic mass is 10.1. The van der Waals surface area contributed by atoms with Crippen LogP contribution in [0, 0.1) is 0 Å². The van der Waals surface area contributed by atoms with Crippen molar-refractivity contribution in [2.75, 3.05) is 26.4 Å². The lowest BCUT2D eigenvalue weighted by Crippen LogP contribution is -2.29. The van der Waals surface area contributed by atoms with E-state index >= 15 is 0 Å². The smallest absolute Gasteiger partial charge is 0.462 e. The van der Waals surface area contributed by atoms with E-state index in [2.05, 4.69) is 65.4 Å². The Morgan fingerprint density at radius 3 is 1.56 bits per heavy atom. The summed E-state index contributed by atoms with van der Waals surface area (Å²) in [6.45, 7) is 1.49. The van der Waals surface area contributed by atoms with E-state index in [1.54, 1.807) is 0 Å². The van der Waals surface area contributed by atoms with E-state index < -0.39 is 66.2 Å². The minimum Gasteiger partial charge on any atom is -0.462 e. The van der Waals surface area contributed by atoms with Crippen molar-refractivity contribution in [3.63, 3.8) is 0 Å². The predicted octanol–water partition coefficient (Wildman–Crippen LogP) is 10.8. The Labute approximate surface area is 372 Å². The van der Waals surface area contributed by atoms with Gasteiger partial charge < -0.3 is 34.4 Å². The zero-order valence-corrected chi connectivity index (χ0v) is 39.3. The Kier molecular flexibility index (Phi) is 39.6. The molecule has 14 nitrogen and oxygen atoms in total.